The zero-order chi connectivity index (χ0) is 25.4. The number of nitrogens with one attached hydrogen (secondary N) is 1. The van der Waals surface area contributed by atoms with E-state index in [0.717, 1.165) is 16.7 Å². The van der Waals surface area contributed by atoms with E-state index in [0.29, 0.717) is 39.4 Å². The van der Waals surface area contributed by atoms with Gasteiger partial charge in [0.15, 0.2) is 11.5 Å². The second kappa shape index (κ2) is 11.9. The minimum absolute atomic E-state index is 0.0512. The van der Waals surface area contributed by atoms with Crippen molar-refractivity contribution in [3.8, 4) is 23.6 Å². The van der Waals surface area contributed by atoms with Gasteiger partial charge in [-0.05, 0) is 62.2 Å². The highest BCUT2D eigenvalue weighted by molar-refractivity contribution is 9.10. The number of carbonyl (C=O) groups excluding carboxylic acids is 1. The smallest absolute Gasteiger partial charge is 0.266 e. The molecule has 0 aliphatic heterocycles. The lowest BCUT2D eigenvalue weighted by atomic mass is 10.1. The molecule has 0 atom stereocenters. The number of hydrogen-bond donors (Lipinski definition) is 1. The van der Waals surface area contributed by atoms with Crippen LogP contribution in [0.25, 0.3) is 6.08 Å². The van der Waals surface area contributed by atoms with Gasteiger partial charge in [0.05, 0.1) is 18.2 Å². The molecule has 176 valence electrons. The Kier molecular flexibility index (Phi) is 8.67. The van der Waals surface area contributed by atoms with Gasteiger partial charge in [0.25, 0.3) is 5.91 Å². The van der Waals surface area contributed by atoms with Gasteiger partial charge in [-0.3, -0.25) is 4.79 Å². The molecule has 1 amide bonds. The fourth-order valence-corrected chi connectivity index (χ4v) is 3.84. The number of rotatable bonds is 8. The van der Waals surface area contributed by atoms with Crippen molar-refractivity contribution in [2.75, 3.05) is 11.9 Å². The average molecular weight is 530 g/mol. The van der Waals surface area contributed by atoms with Crippen LogP contribution in [0, 0.1) is 36.5 Å². The van der Waals surface area contributed by atoms with Gasteiger partial charge in [-0.15, -0.1) is 0 Å². The van der Waals surface area contributed by atoms with Crippen LogP contribution in [-0.4, -0.2) is 12.5 Å². The molecule has 0 aromatic heterocycles. The summed E-state index contributed by atoms with van der Waals surface area (Å²) in [6.07, 6.45) is 1.50. The first-order chi connectivity index (χ1) is 16.9. The number of benzene rings is 3. The molecule has 1 N–H and O–H groups in total. The van der Waals surface area contributed by atoms with Gasteiger partial charge in [0.1, 0.15) is 18.2 Å². The van der Waals surface area contributed by atoms with Gasteiger partial charge < -0.3 is 14.8 Å². The molecule has 3 aromatic carbocycles. The van der Waals surface area contributed by atoms with Crippen molar-refractivity contribution in [2.45, 2.75) is 27.4 Å². The van der Waals surface area contributed by atoms with Crippen LogP contribution in [-0.2, 0) is 11.4 Å². The third-order valence-electron chi connectivity index (χ3n) is 5.18. The molecular formula is C28H24BrN3O3. The molecule has 0 aliphatic rings. The summed E-state index contributed by atoms with van der Waals surface area (Å²) in [4.78, 5) is 12.8. The van der Waals surface area contributed by atoms with E-state index in [1.54, 1.807) is 24.3 Å². The van der Waals surface area contributed by atoms with E-state index < -0.39 is 5.91 Å². The summed E-state index contributed by atoms with van der Waals surface area (Å²) in [5.41, 5.74) is 4.48. The van der Waals surface area contributed by atoms with Crippen LogP contribution in [0.15, 0.2) is 64.6 Å². The van der Waals surface area contributed by atoms with Crippen molar-refractivity contribution in [3.63, 3.8) is 0 Å². The first-order valence-electron chi connectivity index (χ1n) is 10.9. The van der Waals surface area contributed by atoms with Crippen LogP contribution >= 0.6 is 15.9 Å². The van der Waals surface area contributed by atoms with Gasteiger partial charge in [-0.1, -0.05) is 51.8 Å². The Hall–Kier alpha value is -4.07. The van der Waals surface area contributed by atoms with Crippen molar-refractivity contribution >= 4 is 33.6 Å². The summed E-state index contributed by atoms with van der Waals surface area (Å²) in [7, 11) is 0. The van der Waals surface area contributed by atoms with Crippen LogP contribution in [0.1, 0.15) is 34.7 Å². The van der Waals surface area contributed by atoms with Gasteiger partial charge >= 0.3 is 0 Å². The number of nitrogens with zero attached hydrogens (tertiary/aromatic N) is 2. The van der Waals surface area contributed by atoms with Crippen LogP contribution in [0.5, 0.6) is 11.5 Å². The third kappa shape index (κ3) is 6.50. The Labute approximate surface area is 213 Å². The number of hydrogen-bond acceptors (Lipinski definition) is 5. The summed E-state index contributed by atoms with van der Waals surface area (Å²) in [6, 6.07) is 20.5. The number of anilines is 1. The predicted octanol–water partition coefficient (Wildman–Crippen LogP) is 6.46. The van der Waals surface area contributed by atoms with E-state index in [2.05, 4.69) is 27.3 Å². The normalized spacial score (nSPS) is 10.7. The van der Waals surface area contributed by atoms with E-state index in [1.807, 2.05) is 57.2 Å². The van der Waals surface area contributed by atoms with Crippen molar-refractivity contribution in [1.29, 1.82) is 10.5 Å². The van der Waals surface area contributed by atoms with E-state index in [1.165, 1.54) is 6.08 Å². The lowest BCUT2D eigenvalue weighted by molar-refractivity contribution is -0.112. The van der Waals surface area contributed by atoms with Crippen molar-refractivity contribution in [2.24, 2.45) is 0 Å². The zero-order valence-electron chi connectivity index (χ0n) is 19.7. The fourth-order valence-electron chi connectivity index (χ4n) is 3.40. The quantitative estimate of drug-likeness (QED) is 0.266. The second-order valence-electron chi connectivity index (χ2n) is 7.75. The van der Waals surface area contributed by atoms with Crippen molar-refractivity contribution in [3.05, 3.63) is 92.5 Å². The Morgan fingerprint density at radius 3 is 2.49 bits per heavy atom. The van der Waals surface area contributed by atoms with Crippen molar-refractivity contribution < 1.29 is 14.3 Å². The number of ether oxygens (including phenoxy) is 2. The predicted molar refractivity (Wildman–Crippen MR) is 139 cm³/mol. The first kappa shape index (κ1) is 25.6. The van der Waals surface area contributed by atoms with Crippen LogP contribution in [0.2, 0.25) is 0 Å². The van der Waals surface area contributed by atoms with Crippen LogP contribution in [0.3, 0.4) is 0 Å². The standard InChI is InChI=1S/C28H24BrN3O3/c1-4-34-26-13-22(12-23(16-31)28(33)32-25-10-9-18(2)11-19(25)3)24(29)14-27(26)35-17-21-8-6-5-7-20(21)15-30/h5-14H,4,17H2,1-3H3,(H,32,33)/b23-12+. The molecule has 6 nitrogen and oxygen atoms in total. The molecule has 3 aromatic rings. The molecule has 35 heavy (non-hydrogen) atoms. The lowest BCUT2D eigenvalue weighted by Crippen LogP contribution is -2.14. The van der Waals surface area contributed by atoms with E-state index in [4.69, 9.17) is 9.47 Å². The molecular weight excluding hydrogens is 506 g/mol. The van der Waals surface area contributed by atoms with Crippen LogP contribution in [0.4, 0.5) is 5.69 Å². The topological polar surface area (TPSA) is 95.1 Å². The van der Waals surface area contributed by atoms with Gasteiger partial charge in [0.2, 0.25) is 0 Å². The number of halogens is 1. The minimum Gasteiger partial charge on any atom is -0.490 e. The molecule has 0 heterocycles. The number of aryl methyl sites for hydroxylation is 2. The van der Waals surface area contributed by atoms with Gasteiger partial charge in [0, 0.05) is 15.7 Å². The largest absolute Gasteiger partial charge is 0.490 e. The Morgan fingerprint density at radius 1 is 1.06 bits per heavy atom. The van der Waals surface area contributed by atoms with E-state index in [9.17, 15) is 15.3 Å². The zero-order valence-corrected chi connectivity index (χ0v) is 21.3. The Morgan fingerprint density at radius 2 is 1.80 bits per heavy atom. The molecule has 0 saturated heterocycles. The SMILES string of the molecule is CCOc1cc(/C=C(\C#N)C(=O)Nc2ccc(C)cc2C)c(Br)cc1OCc1ccccc1C#N. The number of amides is 1. The molecule has 0 saturated carbocycles. The molecule has 0 aliphatic carbocycles. The molecule has 0 radical (unpaired) electrons. The highest BCUT2D eigenvalue weighted by atomic mass is 79.9. The summed E-state index contributed by atoms with van der Waals surface area (Å²) < 4.78 is 12.3. The molecule has 7 heteroatoms. The highest BCUT2D eigenvalue weighted by Crippen LogP contribution is 2.35. The van der Waals surface area contributed by atoms with E-state index >= 15 is 0 Å². The third-order valence-corrected chi connectivity index (χ3v) is 5.87. The van der Waals surface area contributed by atoms with Crippen LogP contribution < -0.4 is 14.8 Å². The average Bonchev–Trinajstić information content (AvgIpc) is 2.85. The maximum absolute atomic E-state index is 12.8. The highest BCUT2D eigenvalue weighted by Gasteiger charge is 2.15. The molecule has 0 bridgehead atoms. The molecule has 3 rings (SSSR count). The Balaban J connectivity index is 1.88. The minimum atomic E-state index is -0.502. The first-order valence-corrected chi connectivity index (χ1v) is 11.7. The summed E-state index contributed by atoms with van der Waals surface area (Å²) >= 11 is 3.51. The summed E-state index contributed by atoms with van der Waals surface area (Å²) in [5, 5.41) is 21.8. The molecule has 0 fully saturated rings. The van der Waals surface area contributed by atoms with Gasteiger partial charge in [-0.2, -0.15) is 10.5 Å². The van der Waals surface area contributed by atoms with Crippen molar-refractivity contribution in [1.82, 2.24) is 0 Å². The fraction of sp³-hybridized carbons (Fsp3) is 0.179. The molecule has 0 unspecified atom stereocenters. The lowest BCUT2D eigenvalue weighted by Gasteiger charge is -2.15. The number of carbonyl (C=O) groups is 1. The molecule has 0 spiro atoms. The number of nitriles is 2. The Bertz CT molecular complexity index is 1370. The van der Waals surface area contributed by atoms with E-state index in [-0.39, 0.29) is 12.2 Å². The monoisotopic (exact) mass is 529 g/mol. The van der Waals surface area contributed by atoms with Gasteiger partial charge in [-0.25, -0.2) is 0 Å². The maximum atomic E-state index is 12.8. The second-order valence-corrected chi connectivity index (χ2v) is 8.61. The maximum Gasteiger partial charge on any atom is 0.266 e. The summed E-state index contributed by atoms with van der Waals surface area (Å²) in [6.45, 7) is 6.31. The summed E-state index contributed by atoms with van der Waals surface area (Å²) in [5.74, 6) is 0.433.